The van der Waals surface area contributed by atoms with Crippen LogP contribution >= 0.6 is 22.9 Å². The van der Waals surface area contributed by atoms with Crippen molar-refractivity contribution < 1.29 is 19.0 Å². The van der Waals surface area contributed by atoms with Crippen molar-refractivity contribution in [1.29, 1.82) is 0 Å². The molecule has 2 aromatic carbocycles. The summed E-state index contributed by atoms with van der Waals surface area (Å²) < 4.78 is 17.5. The van der Waals surface area contributed by atoms with Gasteiger partial charge in [-0.1, -0.05) is 22.9 Å². The molecule has 0 spiro atoms. The van der Waals surface area contributed by atoms with Crippen molar-refractivity contribution >= 4 is 44.2 Å². The van der Waals surface area contributed by atoms with Gasteiger partial charge in [0.2, 0.25) is 0 Å². The lowest BCUT2D eigenvalue weighted by Crippen LogP contribution is -2.33. The summed E-state index contributed by atoms with van der Waals surface area (Å²) in [4.78, 5) is 22.1. The van der Waals surface area contributed by atoms with Crippen LogP contribution in [0.25, 0.3) is 10.2 Å². The molecule has 4 rings (SSSR count). The lowest BCUT2D eigenvalue weighted by Gasteiger charge is -2.23. The molecule has 3 aromatic rings. The van der Waals surface area contributed by atoms with Crippen LogP contribution in [0.2, 0.25) is 5.02 Å². The van der Waals surface area contributed by atoms with E-state index in [2.05, 4.69) is 4.90 Å². The van der Waals surface area contributed by atoms with E-state index in [0.717, 1.165) is 17.7 Å². The molecule has 7 nitrogen and oxygen atoms in total. The summed E-state index contributed by atoms with van der Waals surface area (Å²) in [5, 5.41) is 1.17. The summed E-state index contributed by atoms with van der Waals surface area (Å²) in [6.07, 6.45) is 0.796. The number of hydrogen-bond donors (Lipinski definition) is 0. The van der Waals surface area contributed by atoms with Crippen LogP contribution in [0.1, 0.15) is 16.8 Å². The number of fused-ring (bicyclic) bond motifs is 2. The Hall–Kier alpha value is -2.55. The van der Waals surface area contributed by atoms with Crippen LogP contribution in [0.5, 0.6) is 17.2 Å². The second-order valence-corrected chi connectivity index (χ2v) is 8.78. The number of carbonyl (C=O) groups is 1. The zero-order valence-corrected chi connectivity index (χ0v) is 19.3. The Morgan fingerprint density at radius 2 is 1.94 bits per heavy atom. The average Bonchev–Trinajstić information content (AvgIpc) is 3.22. The number of methoxy groups -OCH3 is 1. The van der Waals surface area contributed by atoms with E-state index in [4.69, 9.17) is 30.8 Å². The predicted molar refractivity (Wildman–Crippen MR) is 123 cm³/mol. The Morgan fingerprint density at radius 3 is 2.68 bits per heavy atom. The summed E-state index contributed by atoms with van der Waals surface area (Å²) in [6, 6.07) is 8.83. The van der Waals surface area contributed by atoms with E-state index < -0.39 is 0 Å². The van der Waals surface area contributed by atoms with Gasteiger partial charge in [-0.3, -0.25) is 9.69 Å². The summed E-state index contributed by atoms with van der Waals surface area (Å²) in [6.45, 7) is 2.34. The second kappa shape index (κ2) is 9.30. The molecule has 31 heavy (non-hydrogen) atoms. The van der Waals surface area contributed by atoms with Crippen molar-refractivity contribution in [3.05, 3.63) is 40.9 Å². The standard InChI is InChI=1S/C22H24ClN3O4S/c1-25(2)9-4-10-26(21(27)14-5-7-16-18(13-14)30-12-11-29-16)22-24-19-17(28-3)8-6-15(23)20(19)31-22/h5-8,13H,4,9-12H2,1-3H3. The van der Waals surface area contributed by atoms with Gasteiger partial charge >= 0.3 is 0 Å². The second-order valence-electron chi connectivity index (χ2n) is 7.40. The molecule has 0 radical (unpaired) electrons. The number of aromatic nitrogens is 1. The number of thiazole rings is 1. The number of anilines is 1. The zero-order chi connectivity index (χ0) is 22.0. The smallest absolute Gasteiger partial charge is 0.260 e. The molecule has 0 atom stereocenters. The largest absolute Gasteiger partial charge is 0.494 e. The molecule has 0 saturated heterocycles. The first kappa shape index (κ1) is 21.7. The molecule has 164 valence electrons. The van der Waals surface area contributed by atoms with Gasteiger partial charge in [0.25, 0.3) is 5.91 Å². The van der Waals surface area contributed by atoms with Crippen molar-refractivity contribution in [2.45, 2.75) is 6.42 Å². The topological polar surface area (TPSA) is 64.1 Å². The van der Waals surface area contributed by atoms with Gasteiger partial charge in [0.15, 0.2) is 16.6 Å². The van der Waals surface area contributed by atoms with Crippen molar-refractivity contribution in [3.63, 3.8) is 0 Å². The first-order valence-electron chi connectivity index (χ1n) is 9.97. The summed E-state index contributed by atoms with van der Waals surface area (Å²) in [7, 11) is 5.61. The molecule has 2 heterocycles. The minimum Gasteiger partial charge on any atom is -0.494 e. The molecule has 0 N–H and O–H groups in total. The molecule has 0 aliphatic carbocycles. The SMILES string of the molecule is COc1ccc(Cl)c2sc(N(CCCN(C)C)C(=O)c3ccc4c(c3)OCCO4)nc12. The van der Waals surface area contributed by atoms with Gasteiger partial charge in [0.1, 0.15) is 24.5 Å². The monoisotopic (exact) mass is 461 g/mol. The lowest BCUT2D eigenvalue weighted by molar-refractivity contribution is 0.0984. The van der Waals surface area contributed by atoms with E-state index in [1.165, 1.54) is 11.3 Å². The molecule has 0 unspecified atom stereocenters. The Kier molecular flexibility index (Phi) is 6.50. The van der Waals surface area contributed by atoms with E-state index in [0.29, 0.717) is 58.2 Å². The number of ether oxygens (including phenoxy) is 3. The highest BCUT2D eigenvalue weighted by Crippen LogP contribution is 2.39. The van der Waals surface area contributed by atoms with Gasteiger partial charge < -0.3 is 19.1 Å². The number of hydrogen-bond acceptors (Lipinski definition) is 7. The van der Waals surface area contributed by atoms with Crippen LogP contribution < -0.4 is 19.1 Å². The van der Waals surface area contributed by atoms with Crippen molar-refractivity contribution in [2.75, 3.05) is 52.4 Å². The maximum absolute atomic E-state index is 13.5. The Balaban J connectivity index is 1.71. The molecular weight excluding hydrogens is 438 g/mol. The van der Waals surface area contributed by atoms with E-state index in [1.54, 1.807) is 42.3 Å². The van der Waals surface area contributed by atoms with E-state index in [9.17, 15) is 4.79 Å². The molecule has 0 fully saturated rings. The van der Waals surface area contributed by atoms with Gasteiger partial charge in [-0.2, -0.15) is 0 Å². The molecular formula is C22H24ClN3O4S. The lowest BCUT2D eigenvalue weighted by atomic mass is 10.1. The number of amides is 1. The molecule has 1 aliphatic heterocycles. The highest BCUT2D eigenvalue weighted by Gasteiger charge is 2.24. The third-order valence-corrected chi connectivity index (χ3v) is 6.46. The number of rotatable bonds is 7. The zero-order valence-electron chi connectivity index (χ0n) is 17.7. The van der Waals surface area contributed by atoms with Crippen LogP contribution in [0.15, 0.2) is 30.3 Å². The summed E-state index contributed by atoms with van der Waals surface area (Å²) >= 11 is 7.78. The first-order chi connectivity index (χ1) is 15.0. The first-order valence-corrected chi connectivity index (χ1v) is 11.2. The van der Waals surface area contributed by atoms with Crippen molar-refractivity contribution in [1.82, 2.24) is 9.88 Å². The Morgan fingerprint density at radius 1 is 1.16 bits per heavy atom. The van der Waals surface area contributed by atoms with Gasteiger partial charge in [-0.05, 0) is 57.4 Å². The minimum atomic E-state index is -0.148. The maximum atomic E-state index is 13.5. The quantitative estimate of drug-likeness (QED) is 0.522. The van der Waals surface area contributed by atoms with Crippen LogP contribution in [0.4, 0.5) is 5.13 Å². The molecule has 1 aliphatic rings. The van der Waals surface area contributed by atoms with Crippen molar-refractivity contribution in [3.8, 4) is 17.2 Å². The summed E-state index contributed by atoms with van der Waals surface area (Å²) in [5.74, 6) is 1.71. The fourth-order valence-corrected chi connectivity index (χ4v) is 4.66. The maximum Gasteiger partial charge on any atom is 0.260 e. The average molecular weight is 462 g/mol. The van der Waals surface area contributed by atoms with Gasteiger partial charge in [0, 0.05) is 12.1 Å². The van der Waals surface area contributed by atoms with Crippen LogP contribution in [0, 0.1) is 0 Å². The van der Waals surface area contributed by atoms with E-state index in [1.807, 2.05) is 14.1 Å². The van der Waals surface area contributed by atoms with Crippen LogP contribution in [0.3, 0.4) is 0 Å². The molecule has 0 bridgehead atoms. The van der Waals surface area contributed by atoms with Gasteiger partial charge in [0.05, 0.1) is 16.8 Å². The van der Waals surface area contributed by atoms with Gasteiger partial charge in [-0.15, -0.1) is 0 Å². The third kappa shape index (κ3) is 4.56. The van der Waals surface area contributed by atoms with Gasteiger partial charge in [-0.25, -0.2) is 4.98 Å². The fraction of sp³-hybridized carbons (Fsp3) is 0.364. The normalized spacial score (nSPS) is 12.9. The fourth-order valence-electron chi connectivity index (χ4n) is 3.38. The number of nitrogens with zero attached hydrogens (tertiary/aromatic N) is 3. The Bertz CT molecular complexity index is 1100. The Labute approximate surface area is 190 Å². The molecule has 0 saturated carbocycles. The molecule has 1 amide bonds. The minimum absolute atomic E-state index is 0.148. The number of carbonyl (C=O) groups excluding carboxylic acids is 1. The highest BCUT2D eigenvalue weighted by atomic mass is 35.5. The number of halogens is 1. The van der Waals surface area contributed by atoms with Crippen molar-refractivity contribution in [2.24, 2.45) is 0 Å². The highest BCUT2D eigenvalue weighted by molar-refractivity contribution is 7.23. The predicted octanol–water partition coefficient (Wildman–Crippen LogP) is 4.33. The van der Waals surface area contributed by atoms with Crippen LogP contribution in [-0.2, 0) is 0 Å². The third-order valence-electron chi connectivity index (χ3n) is 4.92. The van der Waals surface area contributed by atoms with E-state index in [-0.39, 0.29) is 5.91 Å². The molecule has 1 aromatic heterocycles. The van der Waals surface area contributed by atoms with E-state index >= 15 is 0 Å². The van der Waals surface area contributed by atoms with Crippen LogP contribution in [-0.4, -0.2) is 63.3 Å². The molecule has 9 heteroatoms. The number of benzene rings is 2. The summed E-state index contributed by atoms with van der Waals surface area (Å²) in [5.41, 5.74) is 1.18.